The highest BCUT2D eigenvalue weighted by atomic mass is 16.6. The van der Waals surface area contributed by atoms with E-state index in [9.17, 15) is 38.4 Å². The molecule has 2 amide bonds. The van der Waals surface area contributed by atoms with Crippen molar-refractivity contribution < 1.29 is 57.3 Å². The fraction of sp³-hybridized carbons (Fsp3) is 0.0500. The van der Waals surface area contributed by atoms with Gasteiger partial charge in [-0.05, 0) is 95.1 Å². The van der Waals surface area contributed by atoms with E-state index in [4.69, 9.17) is 9.47 Å². The molecule has 7 rings (SSSR count). The van der Waals surface area contributed by atoms with Crippen LogP contribution in [-0.4, -0.2) is 61.8 Å². The summed E-state index contributed by atoms with van der Waals surface area (Å²) in [5, 5.41) is 5.42. The predicted octanol–water partition coefficient (Wildman–Crippen LogP) is 5.72. The molecular formula is C40H24N2O12. The van der Waals surface area contributed by atoms with Gasteiger partial charge >= 0.3 is 35.8 Å². The molecule has 0 aliphatic carbocycles. The molecule has 0 saturated heterocycles. The van der Waals surface area contributed by atoms with Gasteiger partial charge in [0.15, 0.2) is 0 Å². The lowest BCUT2D eigenvalue weighted by Crippen LogP contribution is -2.18. The van der Waals surface area contributed by atoms with Gasteiger partial charge in [-0.15, -0.1) is 0 Å². The number of hydrogen-bond donors (Lipinski definition) is 2. The molecule has 0 radical (unpaired) electrons. The van der Waals surface area contributed by atoms with Gasteiger partial charge < -0.3 is 29.6 Å². The zero-order valence-electron chi connectivity index (χ0n) is 28.1. The summed E-state index contributed by atoms with van der Waals surface area (Å²) >= 11 is 0. The molecule has 0 fully saturated rings. The van der Waals surface area contributed by atoms with Crippen LogP contribution in [0.1, 0.15) is 82.9 Å². The summed E-state index contributed by atoms with van der Waals surface area (Å²) in [6.07, 6.45) is 0. The highest BCUT2D eigenvalue weighted by Gasteiger charge is 2.31. The van der Waals surface area contributed by atoms with E-state index in [0.717, 1.165) is 0 Å². The molecule has 0 bridgehead atoms. The Kier molecular flexibility index (Phi) is 8.84. The summed E-state index contributed by atoms with van der Waals surface area (Å²) < 4.78 is 19.1. The van der Waals surface area contributed by atoms with Crippen molar-refractivity contribution in [3.05, 3.63) is 142 Å². The molecule has 0 spiro atoms. The lowest BCUT2D eigenvalue weighted by Gasteiger charge is -2.13. The van der Waals surface area contributed by atoms with Gasteiger partial charge in [0.2, 0.25) is 0 Å². The number of fused-ring (bicyclic) bond motifs is 2. The Labute approximate surface area is 304 Å². The molecule has 5 aromatic rings. The number of esters is 6. The Balaban J connectivity index is 1.11. The van der Waals surface area contributed by atoms with Gasteiger partial charge in [0.1, 0.15) is 0 Å². The lowest BCUT2D eigenvalue weighted by atomic mass is 9.96. The van der Waals surface area contributed by atoms with E-state index in [2.05, 4.69) is 20.1 Å². The molecule has 0 aromatic heterocycles. The van der Waals surface area contributed by atoms with Crippen LogP contribution in [0.15, 0.2) is 97.1 Å². The number of anilines is 2. The minimum Gasteiger partial charge on any atom is -0.465 e. The topological polar surface area (TPSA) is 198 Å². The molecule has 5 aromatic carbocycles. The lowest BCUT2D eigenvalue weighted by molar-refractivity contribution is 0.0425. The van der Waals surface area contributed by atoms with Crippen molar-refractivity contribution in [2.75, 3.05) is 24.9 Å². The summed E-state index contributed by atoms with van der Waals surface area (Å²) in [5.74, 6) is -5.97. The fourth-order valence-electron chi connectivity index (χ4n) is 5.96. The molecule has 2 aliphatic heterocycles. The van der Waals surface area contributed by atoms with Crippen LogP contribution in [0.3, 0.4) is 0 Å². The van der Waals surface area contributed by atoms with Crippen LogP contribution >= 0.6 is 0 Å². The van der Waals surface area contributed by atoms with Gasteiger partial charge in [0, 0.05) is 11.4 Å². The van der Waals surface area contributed by atoms with Crippen molar-refractivity contribution in [1.29, 1.82) is 0 Å². The van der Waals surface area contributed by atoms with Crippen LogP contribution in [-0.2, 0) is 18.9 Å². The zero-order valence-corrected chi connectivity index (χ0v) is 28.1. The van der Waals surface area contributed by atoms with Crippen LogP contribution in [0.5, 0.6) is 0 Å². The number of nitrogens with one attached hydrogen (secondary N) is 2. The Bertz CT molecular complexity index is 2350. The van der Waals surface area contributed by atoms with Gasteiger partial charge in [-0.25, -0.2) is 28.8 Å². The molecule has 0 unspecified atom stereocenters. The van der Waals surface area contributed by atoms with E-state index in [1.54, 1.807) is 24.3 Å². The Morgan fingerprint density at radius 2 is 0.759 bits per heavy atom. The third-order valence-electron chi connectivity index (χ3n) is 8.70. The SMILES string of the molecule is COC(=O)c1ccc(-c2ccc3c(c2)C(=O)OC3=O)cc1C(=O)Nc1ccc(NC(=O)c2cc(-c3ccc4c(c3)C(=O)OC4=O)ccc2C(=O)OC)cc1. The number of benzene rings is 5. The second-order valence-corrected chi connectivity index (χ2v) is 11.9. The number of carbonyl (C=O) groups is 8. The zero-order chi connectivity index (χ0) is 38.3. The first-order valence-corrected chi connectivity index (χ1v) is 15.9. The van der Waals surface area contributed by atoms with Crippen molar-refractivity contribution in [2.24, 2.45) is 0 Å². The van der Waals surface area contributed by atoms with Crippen LogP contribution in [0.25, 0.3) is 22.3 Å². The number of carbonyl (C=O) groups excluding carboxylic acids is 8. The minimum absolute atomic E-state index is 0.0321. The molecule has 54 heavy (non-hydrogen) atoms. The number of rotatable bonds is 8. The van der Waals surface area contributed by atoms with Crippen molar-refractivity contribution in [3.8, 4) is 22.3 Å². The summed E-state index contributed by atoms with van der Waals surface area (Å²) in [6, 6.07) is 23.8. The molecule has 14 heteroatoms. The molecule has 14 nitrogen and oxygen atoms in total. The third-order valence-corrected chi connectivity index (χ3v) is 8.70. The summed E-state index contributed by atoms with van der Waals surface area (Å²) in [5.41, 5.74) is 2.73. The fourth-order valence-corrected chi connectivity index (χ4v) is 5.96. The van der Waals surface area contributed by atoms with E-state index in [0.29, 0.717) is 33.6 Å². The molecule has 266 valence electrons. The molecule has 0 atom stereocenters. The minimum atomic E-state index is -0.790. The maximum Gasteiger partial charge on any atom is 0.346 e. The van der Waals surface area contributed by atoms with E-state index >= 15 is 0 Å². The van der Waals surface area contributed by atoms with Gasteiger partial charge in [-0.3, -0.25) is 9.59 Å². The average Bonchev–Trinajstić information content (AvgIpc) is 3.65. The summed E-state index contributed by atoms with van der Waals surface area (Å²) in [6.45, 7) is 0. The van der Waals surface area contributed by atoms with Crippen molar-refractivity contribution in [1.82, 2.24) is 0 Å². The maximum atomic E-state index is 13.6. The normalized spacial score (nSPS) is 12.6. The monoisotopic (exact) mass is 724 g/mol. The summed E-state index contributed by atoms with van der Waals surface area (Å²) in [7, 11) is 2.35. The Hall–Kier alpha value is -7.74. The molecule has 0 saturated carbocycles. The molecule has 2 aliphatic rings. The number of ether oxygens (including phenoxy) is 4. The smallest absolute Gasteiger partial charge is 0.346 e. The Morgan fingerprint density at radius 3 is 1.13 bits per heavy atom. The number of amides is 2. The average molecular weight is 725 g/mol. The first kappa shape index (κ1) is 34.7. The number of cyclic esters (lactones) is 4. The highest BCUT2D eigenvalue weighted by molar-refractivity contribution is 6.17. The van der Waals surface area contributed by atoms with Gasteiger partial charge in [-0.1, -0.05) is 24.3 Å². The molecule has 2 heterocycles. The van der Waals surface area contributed by atoms with E-state index in [1.165, 1.54) is 87.0 Å². The van der Waals surface area contributed by atoms with E-state index in [1.807, 2.05) is 0 Å². The second-order valence-electron chi connectivity index (χ2n) is 11.9. The highest BCUT2D eigenvalue weighted by Crippen LogP contribution is 2.31. The molecule has 2 N–H and O–H groups in total. The van der Waals surface area contributed by atoms with Crippen molar-refractivity contribution in [3.63, 3.8) is 0 Å². The van der Waals surface area contributed by atoms with Crippen LogP contribution < -0.4 is 10.6 Å². The number of methoxy groups -OCH3 is 2. The first-order chi connectivity index (χ1) is 25.9. The van der Waals surface area contributed by atoms with Crippen LogP contribution in [0.2, 0.25) is 0 Å². The predicted molar refractivity (Wildman–Crippen MR) is 188 cm³/mol. The van der Waals surface area contributed by atoms with E-state index < -0.39 is 47.6 Å². The van der Waals surface area contributed by atoms with Crippen molar-refractivity contribution in [2.45, 2.75) is 0 Å². The third kappa shape index (κ3) is 6.34. The van der Waals surface area contributed by atoms with Gasteiger partial charge in [0.05, 0.1) is 58.7 Å². The second kappa shape index (κ2) is 13.8. The molecular weight excluding hydrogens is 700 g/mol. The van der Waals surface area contributed by atoms with Crippen LogP contribution in [0.4, 0.5) is 11.4 Å². The van der Waals surface area contributed by atoms with Gasteiger partial charge in [0.25, 0.3) is 11.8 Å². The van der Waals surface area contributed by atoms with Crippen molar-refractivity contribution >= 4 is 59.0 Å². The standard InChI is InChI=1S/C40H24N2O12/c1-51-35(45)25-11-3-19(21-5-13-27-31(17-21)39(49)53-37(27)47)15-29(25)33(43)41-23-7-9-24(10-8-23)42-34(44)30-16-20(4-12-26(30)36(46)52-2)22-6-14-28-32(18-22)40(50)54-38(28)48/h3-18H,1-2H3,(H,41,43)(H,42,44). The van der Waals surface area contributed by atoms with Gasteiger partial charge in [-0.2, -0.15) is 0 Å². The Morgan fingerprint density at radius 1 is 0.426 bits per heavy atom. The maximum absolute atomic E-state index is 13.6. The van der Waals surface area contributed by atoms with E-state index in [-0.39, 0.29) is 44.5 Å². The first-order valence-electron chi connectivity index (χ1n) is 15.9. The summed E-state index contributed by atoms with van der Waals surface area (Å²) in [4.78, 5) is 100. The van der Waals surface area contributed by atoms with Crippen LogP contribution in [0, 0.1) is 0 Å². The quantitative estimate of drug-likeness (QED) is 0.112. The number of hydrogen-bond acceptors (Lipinski definition) is 12. The largest absolute Gasteiger partial charge is 0.465 e.